The maximum Gasteiger partial charge on any atom is 0.239 e. The molecule has 0 bridgehead atoms. The van der Waals surface area contributed by atoms with Crippen LogP contribution in [0.1, 0.15) is 18.5 Å². The number of benzene rings is 1. The molecule has 3 atom stereocenters. The number of likely N-dealkylation sites (N-methyl/N-ethyl adjacent to an activating group) is 1. The van der Waals surface area contributed by atoms with E-state index in [9.17, 15) is 4.79 Å². The third kappa shape index (κ3) is 3.55. The van der Waals surface area contributed by atoms with Gasteiger partial charge in [0.05, 0.1) is 19.3 Å². The molecule has 0 saturated carbocycles. The first kappa shape index (κ1) is 16.2. The Balaban J connectivity index is 2.36. The van der Waals surface area contributed by atoms with Crippen LogP contribution in [0.5, 0.6) is 0 Å². The first-order valence-electron chi connectivity index (χ1n) is 7.11. The highest BCUT2D eigenvalue weighted by atomic mass is 35.5. The largest absolute Gasteiger partial charge is 0.378 e. The van der Waals surface area contributed by atoms with Crippen LogP contribution in [0.25, 0.3) is 0 Å². The number of carbonyl (C=O) groups is 1. The van der Waals surface area contributed by atoms with Crippen LogP contribution in [0.2, 0.25) is 5.02 Å². The number of nitrogens with zero attached hydrogens (tertiary/aromatic N) is 1. The lowest BCUT2D eigenvalue weighted by Gasteiger charge is -2.42. The summed E-state index contributed by atoms with van der Waals surface area (Å²) in [6.07, 6.45) is 0. The summed E-state index contributed by atoms with van der Waals surface area (Å²) in [5.41, 5.74) is 7.15. The van der Waals surface area contributed by atoms with Crippen molar-refractivity contribution in [3.8, 4) is 0 Å². The van der Waals surface area contributed by atoms with E-state index in [0.717, 1.165) is 5.56 Å². The number of halogens is 1. The normalized spacial score (nSPS) is 22.6. The van der Waals surface area contributed by atoms with Crippen LogP contribution < -0.4 is 11.1 Å². The number of rotatable bonds is 4. The predicted octanol–water partition coefficient (Wildman–Crippen LogP) is 1.18. The Kier molecular flexibility index (Phi) is 5.58. The summed E-state index contributed by atoms with van der Waals surface area (Å²) < 4.78 is 5.46. The third-order valence-electron chi connectivity index (χ3n) is 3.80. The fraction of sp³-hybridized carbons (Fsp3) is 0.533. The van der Waals surface area contributed by atoms with E-state index in [4.69, 9.17) is 22.1 Å². The Labute approximate surface area is 130 Å². The summed E-state index contributed by atoms with van der Waals surface area (Å²) in [6.45, 7) is 3.54. The van der Waals surface area contributed by atoms with E-state index in [-0.39, 0.29) is 24.0 Å². The summed E-state index contributed by atoms with van der Waals surface area (Å²) in [5.74, 6) is -0.0626. The second kappa shape index (κ2) is 7.22. The molecule has 0 aromatic heterocycles. The van der Waals surface area contributed by atoms with E-state index in [0.29, 0.717) is 24.8 Å². The minimum absolute atomic E-state index is 0.0626. The molecule has 1 aliphatic heterocycles. The molecule has 0 spiro atoms. The van der Waals surface area contributed by atoms with Gasteiger partial charge in [0.15, 0.2) is 0 Å². The molecule has 6 heteroatoms. The average molecular weight is 312 g/mol. The number of hydrogen-bond donors (Lipinski definition) is 2. The molecule has 1 aromatic carbocycles. The lowest BCUT2D eigenvalue weighted by Crippen LogP contribution is -2.56. The van der Waals surface area contributed by atoms with Gasteiger partial charge in [-0.2, -0.15) is 0 Å². The van der Waals surface area contributed by atoms with Gasteiger partial charge in [0.25, 0.3) is 0 Å². The van der Waals surface area contributed by atoms with Crippen LogP contribution in [0.4, 0.5) is 0 Å². The van der Waals surface area contributed by atoms with Crippen LogP contribution in [-0.4, -0.2) is 49.7 Å². The standard InChI is InChI=1S/C15H22ClN3O2/c1-10(17)14(11-5-3-4-6-12(11)16)19-7-8-21-9-13(19)15(20)18-2/h3-6,10,13-14H,7-9,17H2,1-2H3,(H,18,20). The van der Waals surface area contributed by atoms with Crippen molar-refractivity contribution in [1.29, 1.82) is 0 Å². The van der Waals surface area contributed by atoms with Gasteiger partial charge in [-0.3, -0.25) is 9.69 Å². The number of ether oxygens (including phenoxy) is 1. The SMILES string of the molecule is CNC(=O)C1COCCN1C(c1ccccc1Cl)C(C)N. The van der Waals surface area contributed by atoms with Crippen molar-refractivity contribution in [2.45, 2.75) is 25.0 Å². The smallest absolute Gasteiger partial charge is 0.239 e. The van der Waals surface area contributed by atoms with E-state index in [1.165, 1.54) is 0 Å². The first-order valence-corrected chi connectivity index (χ1v) is 7.49. The Hall–Kier alpha value is -1.14. The minimum atomic E-state index is -0.351. The predicted molar refractivity (Wildman–Crippen MR) is 83.2 cm³/mol. The van der Waals surface area contributed by atoms with Gasteiger partial charge in [0.1, 0.15) is 6.04 Å². The summed E-state index contributed by atoms with van der Waals surface area (Å²) in [5, 5.41) is 3.36. The van der Waals surface area contributed by atoms with Gasteiger partial charge in [0, 0.05) is 24.7 Å². The van der Waals surface area contributed by atoms with Crippen molar-refractivity contribution in [2.75, 3.05) is 26.8 Å². The second-order valence-electron chi connectivity index (χ2n) is 5.27. The highest BCUT2D eigenvalue weighted by molar-refractivity contribution is 6.31. The van der Waals surface area contributed by atoms with Crippen molar-refractivity contribution >= 4 is 17.5 Å². The Morgan fingerprint density at radius 1 is 1.52 bits per heavy atom. The van der Waals surface area contributed by atoms with Crippen molar-refractivity contribution in [2.24, 2.45) is 5.73 Å². The van der Waals surface area contributed by atoms with Crippen molar-refractivity contribution in [3.63, 3.8) is 0 Å². The van der Waals surface area contributed by atoms with E-state index in [2.05, 4.69) is 10.2 Å². The zero-order valence-electron chi connectivity index (χ0n) is 12.4. The number of nitrogens with one attached hydrogen (secondary N) is 1. The molecule has 21 heavy (non-hydrogen) atoms. The molecule has 3 N–H and O–H groups in total. The van der Waals surface area contributed by atoms with Gasteiger partial charge in [-0.15, -0.1) is 0 Å². The molecule has 116 valence electrons. The van der Waals surface area contributed by atoms with Crippen LogP contribution in [0.3, 0.4) is 0 Å². The summed E-state index contributed by atoms with van der Waals surface area (Å²) in [7, 11) is 1.63. The minimum Gasteiger partial charge on any atom is -0.378 e. The van der Waals surface area contributed by atoms with Gasteiger partial charge in [-0.1, -0.05) is 29.8 Å². The summed E-state index contributed by atoms with van der Waals surface area (Å²) in [4.78, 5) is 14.2. The lowest BCUT2D eigenvalue weighted by atomic mass is 9.96. The van der Waals surface area contributed by atoms with Crippen molar-refractivity contribution in [3.05, 3.63) is 34.9 Å². The highest BCUT2D eigenvalue weighted by Crippen LogP contribution is 2.32. The maximum absolute atomic E-state index is 12.1. The number of hydrogen-bond acceptors (Lipinski definition) is 4. The fourth-order valence-corrected chi connectivity index (χ4v) is 3.07. The third-order valence-corrected chi connectivity index (χ3v) is 4.14. The number of morpholine rings is 1. The molecule has 1 heterocycles. The van der Waals surface area contributed by atoms with Gasteiger partial charge in [-0.05, 0) is 18.6 Å². The Bertz CT molecular complexity index is 496. The summed E-state index contributed by atoms with van der Waals surface area (Å²) >= 11 is 6.33. The van der Waals surface area contributed by atoms with Crippen molar-refractivity contribution < 1.29 is 9.53 Å². The molecule has 2 rings (SSSR count). The maximum atomic E-state index is 12.1. The lowest BCUT2D eigenvalue weighted by molar-refractivity contribution is -0.134. The molecule has 1 aromatic rings. The molecule has 1 saturated heterocycles. The topological polar surface area (TPSA) is 67.6 Å². The van der Waals surface area contributed by atoms with Gasteiger partial charge >= 0.3 is 0 Å². The van der Waals surface area contributed by atoms with Gasteiger partial charge in [-0.25, -0.2) is 0 Å². The van der Waals surface area contributed by atoms with E-state index in [1.807, 2.05) is 31.2 Å². The average Bonchev–Trinajstić information content (AvgIpc) is 2.49. The van der Waals surface area contributed by atoms with Crippen LogP contribution >= 0.6 is 11.6 Å². The second-order valence-corrected chi connectivity index (χ2v) is 5.68. The fourth-order valence-electron chi connectivity index (χ4n) is 2.82. The molecule has 5 nitrogen and oxygen atoms in total. The zero-order chi connectivity index (χ0) is 15.4. The highest BCUT2D eigenvalue weighted by Gasteiger charge is 2.36. The molecule has 1 fully saturated rings. The molecule has 0 aliphatic carbocycles. The van der Waals surface area contributed by atoms with E-state index < -0.39 is 0 Å². The number of amides is 1. The molecule has 1 amide bonds. The molecule has 3 unspecified atom stereocenters. The van der Waals surface area contributed by atoms with Gasteiger partial charge < -0.3 is 15.8 Å². The van der Waals surface area contributed by atoms with E-state index in [1.54, 1.807) is 7.05 Å². The van der Waals surface area contributed by atoms with Crippen LogP contribution in [0.15, 0.2) is 24.3 Å². The Morgan fingerprint density at radius 2 is 2.24 bits per heavy atom. The van der Waals surface area contributed by atoms with E-state index >= 15 is 0 Å². The van der Waals surface area contributed by atoms with Gasteiger partial charge in [0.2, 0.25) is 5.91 Å². The molecule has 1 aliphatic rings. The van der Waals surface area contributed by atoms with Crippen molar-refractivity contribution in [1.82, 2.24) is 10.2 Å². The zero-order valence-corrected chi connectivity index (χ0v) is 13.1. The molecule has 0 radical (unpaired) electrons. The first-order chi connectivity index (χ1) is 10.1. The molecular weight excluding hydrogens is 290 g/mol. The summed E-state index contributed by atoms with van der Waals surface area (Å²) in [6, 6.07) is 7.01. The monoisotopic (exact) mass is 311 g/mol. The Morgan fingerprint density at radius 3 is 2.86 bits per heavy atom. The molecular formula is C15H22ClN3O2. The quantitative estimate of drug-likeness (QED) is 0.876. The van der Waals surface area contributed by atoms with Crippen LogP contribution in [0, 0.1) is 0 Å². The number of nitrogens with two attached hydrogens (primary N) is 1. The number of carbonyl (C=O) groups excluding carboxylic acids is 1. The van der Waals surface area contributed by atoms with Crippen LogP contribution in [-0.2, 0) is 9.53 Å².